The van der Waals surface area contributed by atoms with Gasteiger partial charge in [-0.25, -0.2) is 4.98 Å². The van der Waals surface area contributed by atoms with Crippen molar-refractivity contribution in [1.29, 1.82) is 0 Å². The third-order valence-corrected chi connectivity index (χ3v) is 6.24. The predicted molar refractivity (Wildman–Crippen MR) is 103 cm³/mol. The summed E-state index contributed by atoms with van der Waals surface area (Å²) in [4.78, 5) is 34.4. The van der Waals surface area contributed by atoms with Crippen molar-refractivity contribution < 1.29 is 9.53 Å². The summed E-state index contributed by atoms with van der Waals surface area (Å²) in [6.45, 7) is 1.29. The number of rotatable bonds is 7. The Kier molecular flexibility index (Phi) is 5.25. The molecule has 3 atom stereocenters. The Morgan fingerprint density at radius 1 is 1.30 bits per heavy atom. The highest BCUT2D eigenvalue weighted by molar-refractivity contribution is 5.78. The third-order valence-electron chi connectivity index (χ3n) is 6.24. The van der Waals surface area contributed by atoms with E-state index in [0.29, 0.717) is 48.8 Å². The van der Waals surface area contributed by atoms with Gasteiger partial charge in [0.1, 0.15) is 5.82 Å². The van der Waals surface area contributed by atoms with E-state index in [0.717, 1.165) is 11.8 Å². The standard InChI is InChI=1S/C21H27N3O3/c1-27-9-8-24(20(25)12-16-11-14-6-7-15(16)10-14)13-19-22-18-5-3-2-4-17(18)21(26)23-19/h2-5,14-16H,6-13H2,1H3,(H,22,23,26). The molecule has 1 amide bonds. The van der Waals surface area contributed by atoms with Crippen LogP contribution in [0.25, 0.3) is 10.9 Å². The highest BCUT2D eigenvalue weighted by Crippen LogP contribution is 2.49. The molecule has 2 aliphatic carbocycles. The Morgan fingerprint density at radius 3 is 2.89 bits per heavy atom. The summed E-state index contributed by atoms with van der Waals surface area (Å²) in [5.41, 5.74) is 0.492. The molecule has 2 bridgehead atoms. The molecule has 27 heavy (non-hydrogen) atoms. The number of H-pyrrole nitrogens is 1. The fourth-order valence-corrected chi connectivity index (χ4v) is 4.86. The molecule has 1 aromatic carbocycles. The Bertz CT molecular complexity index is 878. The number of methoxy groups -OCH3 is 1. The summed E-state index contributed by atoms with van der Waals surface area (Å²) >= 11 is 0. The monoisotopic (exact) mass is 369 g/mol. The Balaban J connectivity index is 1.50. The van der Waals surface area contributed by atoms with Gasteiger partial charge in [-0.05, 0) is 49.1 Å². The lowest BCUT2D eigenvalue weighted by Gasteiger charge is -2.26. The number of nitrogens with zero attached hydrogens (tertiary/aromatic N) is 2. The van der Waals surface area contributed by atoms with Crippen LogP contribution in [0.15, 0.2) is 29.1 Å². The number of aromatic nitrogens is 2. The third kappa shape index (κ3) is 3.90. The van der Waals surface area contributed by atoms with Crippen LogP contribution in [-0.2, 0) is 16.1 Å². The first kappa shape index (κ1) is 18.2. The van der Waals surface area contributed by atoms with Gasteiger partial charge in [-0.3, -0.25) is 9.59 Å². The van der Waals surface area contributed by atoms with Crippen LogP contribution in [0.3, 0.4) is 0 Å². The molecule has 144 valence electrons. The molecule has 6 nitrogen and oxygen atoms in total. The van der Waals surface area contributed by atoms with Crippen LogP contribution in [0.1, 0.15) is 37.9 Å². The van der Waals surface area contributed by atoms with Crippen LogP contribution in [0, 0.1) is 17.8 Å². The maximum atomic E-state index is 13.0. The first-order chi connectivity index (χ1) is 13.1. The van der Waals surface area contributed by atoms with Gasteiger partial charge in [0.2, 0.25) is 5.91 Å². The average molecular weight is 369 g/mol. The summed E-state index contributed by atoms with van der Waals surface area (Å²) < 4.78 is 5.19. The largest absolute Gasteiger partial charge is 0.383 e. The van der Waals surface area contributed by atoms with Gasteiger partial charge in [0.15, 0.2) is 0 Å². The Hall–Kier alpha value is -2.21. The van der Waals surface area contributed by atoms with Crippen molar-refractivity contribution in [1.82, 2.24) is 14.9 Å². The summed E-state index contributed by atoms with van der Waals surface area (Å²) in [5, 5.41) is 0.568. The SMILES string of the molecule is COCCN(Cc1nc2ccccc2c(=O)[nH]1)C(=O)CC1CC2CCC1C2. The fourth-order valence-electron chi connectivity index (χ4n) is 4.86. The topological polar surface area (TPSA) is 75.3 Å². The summed E-state index contributed by atoms with van der Waals surface area (Å²) in [5.74, 6) is 2.74. The van der Waals surface area contributed by atoms with Crippen LogP contribution in [0.4, 0.5) is 0 Å². The first-order valence-corrected chi connectivity index (χ1v) is 9.88. The highest BCUT2D eigenvalue weighted by atomic mass is 16.5. The zero-order valence-electron chi connectivity index (χ0n) is 15.8. The van der Waals surface area contributed by atoms with E-state index in [1.54, 1.807) is 18.1 Å². The van der Waals surface area contributed by atoms with E-state index in [2.05, 4.69) is 9.97 Å². The van der Waals surface area contributed by atoms with E-state index in [-0.39, 0.29) is 11.5 Å². The molecule has 2 saturated carbocycles. The number of ether oxygens (including phenoxy) is 1. The molecule has 1 N–H and O–H groups in total. The minimum absolute atomic E-state index is 0.139. The van der Waals surface area contributed by atoms with Crippen LogP contribution in [0.2, 0.25) is 0 Å². The Morgan fingerprint density at radius 2 is 2.15 bits per heavy atom. The second-order valence-electron chi connectivity index (χ2n) is 7.98. The second kappa shape index (κ2) is 7.80. The first-order valence-electron chi connectivity index (χ1n) is 9.88. The van der Waals surface area contributed by atoms with Crippen LogP contribution >= 0.6 is 0 Å². The normalized spacial score (nSPS) is 23.8. The lowest BCUT2D eigenvalue weighted by molar-refractivity contribution is -0.134. The zero-order chi connectivity index (χ0) is 18.8. The minimum atomic E-state index is -0.164. The van der Waals surface area contributed by atoms with E-state index in [1.165, 1.54) is 25.7 Å². The number of nitrogens with one attached hydrogen (secondary N) is 1. The zero-order valence-corrected chi connectivity index (χ0v) is 15.8. The van der Waals surface area contributed by atoms with Crippen molar-refractivity contribution >= 4 is 16.8 Å². The minimum Gasteiger partial charge on any atom is -0.383 e. The molecule has 0 saturated heterocycles. The average Bonchev–Trinajstić information content (AvgIpc) is 3.28. The van der Waals surface area contributed by atoms with Gasteiger partial charge in [0.05, 0.1) is 24.1 Å². The number of hydrogen-bond acceptors (Lipinski definition) is 4. The van der Waals surface area contributed by atoms with Gasteiger partial charge in [-0.1, -0.05) is 18.6 Å². The molecule has 3 unspecified atom stereocenters. The predicted octanol–water partition coefficient (Wildman–Crippen LogP) is 2.72. The number of hydrogen-bond donors (Lipinski definition) is 1. The molecule has 0 aliphatic heterocycles. The lowest BCUT2D eigenvalue weighted by Crippen LogP contribution is -2.36. The van der Waals surface area contributed by atoms with E-state index >= 15 is 0 Å². The quantitative estimate of drug-likeness (QED) is 0.814. The lowest BCUT2D eigenvalue weighted by atomic mass is 9.86. The highest BCUT2D eigenvalue weighted by Gasteiger charge is 2.40. The van der Waals surface area contributed by atoms with Crippen molar-refractivity contribution in [3.63, 3.8) is 0 Å². The molecule has 6 heteroatoms. The number of benzene rings is 1. The molecule has 2 aliphatic rings. The van der Waals surface area contributed by atoms with Gasteiger partial charge in [0, 0.05) is 20.1 Å². The maximum Gasteiger partial charge on any atom is 0.258 e. The van der Waals surface area contributed by atoms with Gasteiger partial charge in [-0.2, -0.15) is 0 Å². The van der Waals surface area contributed by atoms with Crippen molar-refractivity contribution in [2.45, 2.75) is 38.6 Å². The fraction of sp³-hybridized carbons (Fsp3) is 0.571. The molecule has 1 aromatic heterocycles. The van der Waals surface area contributed by atoms with Gasteiger partial charge >= 0.3 is 0 Å². The Labute approximate surface area is 158 Å². The summed E-state index contributed by atoms with van der Waals surface area (Å²) in [7, 11) is 1.63. The van der Waals surface area contributed by atoms with Gasteiger partial charge < -0.3 is 14.6 Å². The number of carbonyl (C=O) groups is 1. The smallest absolute Gasteiger partial charge is 0.258 e. The van der Waals surface area contributed by atoms with Crippen molar-refractivity contribution in [2.75, 3.05) is 20.3 Å². The molecule has 1 heterocycles. The van der Waals surface area contributed by atoms with Crippen LogP contribution in [-0.4, -0.2) is 41.0 Å². The van der Waals surface area contributed by atoms with E-state index in [4.69, 9.17) is 4.74 Å². The summed E-state index contributed by atoms with van der Waals surface area (Å²) in [6.07, 6.45) is 5.71. The molecule has 2 fully saturated rings. The van der Waals surface area contributed by atoms with Crippen molar-refractivity contribution in [3.05, 3.63) is 40.4 Å². The number of fused-ring (bicyclic) bond motifs is 3. The van der Waals surface area contributed by atoms with E-state index < -0.39 is 0 Å². The van der Waals surface area contributed by atoms with Crippen molar-refractivity contribution in [3.8, 4) is 0 Å². The maximum absolute atomic E-state index is 13.0. The van der Waals surface area contributed by atoms with Gasteiger partial charge in [-0.15, -0.1) is 0 Å². The molecule has 0 radical (unpaired) electrons. The van der Waals surface area contributed by atoms with Crippen LogP contribution in [0.5, 0.6) is 0 Å². The molecule has 2 aromatic rings. The van der Waals surface area contributed by atoms with Gasteiger partial charge in [0.25, 0.3) is 5.56 Å². The number of amides is 1. The molecular weight excluding hydrogens is 342 g/mol. The molecule has 0 spiro atoms. The number of carbonyl (C=O) groups excluding carboxylic acids is 1. The van der Waals surface area contributed by atoms with Crippen molar-refractivity contribution in [2.24, 2.45) is 17.8 Å². The van der Waals surface area contributed by atoms with E-state index in [9.17, 15) is 9.59 Å². The second-order valence-corrected chi connectivity index (χ2v) is 7.98. The molecule has 4 rings (SSSR count). The number of para-hydroxylation sites is 1. The number of aromatic amines is 1. The molecular formula is C21H27N3O3. The van der Waals surface area contributed by atoms with E-state index in [1.807, 2.05) is 18.2 Å². The summed E-state index contributed by atoms with van der Waals surface area (Å²) in [6, 6.07) is 7.27. The van der Waals surface area contributed by atoms with Crippen LogP contribution < -0.4 is 5.56 Å².